The van der Waals surface area contributed by atoms with Gasteiger partial charge in [0, 0.05) is 6.54 Å². The molecule has 0 amide bonds. The number of hydrogen-bond acceptors (Lipinski definition) is 5. The van der Waals surface area contributed by atoms with Gasteiger partial charge in [-0.1, -0.05) is 0 Å². The van der Waals surface area contributed by atoms with Crippen LogP contribution >= 0.6 is 11.3 Å². The minimum atomic E-state index is 0.582. The van der Waals surface area contributed by atoms with E-state index in [1.165, 1.54) is 5.56 Å². The van der Waals surface area contributed by atoms with Gasteiger partial charge in [0.2, 0.25) is 5.95 Å². The molecule has 0 aliphatic carbocycles. The van der Waals surface area contributed by atoms with Gasteiger partial charge in [0.05, 0.1) is 18.1 Å². The number of rotatable bonds is 4. The molecule has 2 heterocycles. The molecule has 0 aliphatic rings. The Morgan fingerprint density at radius 1 is 1.33 bits per heavy atom. The Bertz CT molecular complexity index is 396. The summed E-state index contributed by atoms with van der Waals surface area (Å²) in [6.45, 7) is 0.834. The molecule has 3 N–H and O–H groups in total. The van der Waals surface area contributed by atoms with Crippen LogP contribution in [-0.4, -0.2) is 16.5 Å². The Morgan fingerprint density at radius 3 is 2.80 bits per heavy atom. The Morgan fingerprint density at radius 2 is 2.13 bits per heavy atom. The molecular weight excluding hydrogens is 208 g/mol. The second-order valence-electron chi connectivity index (χ2n) is 3.15. The van der Waals surface area contributed by atoms with E-state index in [1.807, 2.05) is 0 Å². The number of nitrogens with zero attached hydrogens (tertiary/aromatic N) is 2. The van der Waals surface area contributed by atoms with E-state index in [0.717, 1.165) is 13.0 Å². The summed E-state index contributed by atoms with van der Waals surface area (Å²) in [7, 11) is 0. The number of nitrogen functional groups attached to an aromatic ring is 1. The Kier molecular flexibility index (Phi) is 3.14. The van der Waals surface area contributed by atoms with E-state index in [-0.39, 0.29) is 0 Å². The van der Waals surface area contributed by atoms with Gasteiger partial charge in [-0.05, 0) is 28.8 Å². The van der Waals surface area contributed by atoms with Crippen LogP contribution in [0.1, 0.15) is 5.56 Å². The first-order valence-corrected chi connectivity index (χ1v) is 5.61. The standard InChI is InChI=1S/C10H12N4S/c11-9-5-13-10(14-6-9)12-3-1-8-2-4-15-7-8/h2,4-7H,1,3,11H2,(H,12,13,14). The van der Waals surface area contributed by atoms with E-state index < -0.39 is 0 Å². The van der Waals surface area contributed by atoms with Gasteiger partial charge in [0.15, 0.2) is 0 Å². The van der Waals surface area contributed by atoms with Crippen LogP contribution in [0.5, 0.6) is 0 Å². The van der Waals surface area contributed by atoms with Crippen molar-refractivity contribution in [2.75, 3.05) is 17.6 Å². The number of anilines is 2. The molecule has 2 rings (SSSR count). The average Bonchev–Trinajstić information content (AvgIpc) is 2.74. The fraction of sp³-hybridized carbons (Fsp3) is 0.200. The quantitative estimate of drug-likeness (QED) is 0.824. The summed E-state index contributed by atoms with van der Waals surface area (Å²) >= 11 is 1.71. The molecule has 0 spiro atoms. The monoisotopic (exact) mass is 220 g/mol. The summed E-state index contributed by atoms with van der Waals surface area (Å²) in [5, 5.41) is 7.36. The smallest absolute Gasteiger partial charge is 0.222 e. The summed E-state index contributed by atoms with van der Waals surface area (Å²) < 4.78 is 0. The molecular formula is C10H12N4S. The highest BCUT2D eigenvalue weighted by Gasteiger charge is 1.96. The second kappa shape index (κ2) is 4.75. The molecule has 0 fully saturated rings. The maximum Gasteiger partial charge on any atom is 0.222 e. The van der Waals surface area contributed by atoms with Crippen molar-refractivity contribution in [1.29, 1.82) is 0 Å². The van der Waals surface area contributed by atoms with Gasteiger partial charge in [-0.25, -0.2) is 9.97 Å². The van der Waals surface area contributed by atoms with Crippen LogP contribution in [0, 0.1) is 0 Å². The first kappa shape index (κ1) is 9.92. The van der Waals surface area contributed by atoms with Crippen LogP contribution in [0.15, 0.2) is 29.2 Å². The highest BCUT2D eigenvalue weighted by molar-refractivity contribution is 7.07. The highest BCUT2D eigenvalue weighted by atomic mass is 32.1. The van der Waals surface area contributed by atoms with Crippen molar-refractivity contribution in [3.63, 3.8) is 0 Å². The van der Waals surface area contributed by atoms with Gasteiger partial charge < -0.3 is 11.1 Å². The molecule has 2 aromatic heterocycles. The van der Waals surface area contributed by atoms with Crippen LogP contribution in [0.2, 0.25) is 0 Å². The number of hydrogen-bond donors (Lipinski definition) is 2. The predicted octanol–water partition coefficient (Wildman–Crippen LogP) is 1.77. The van der Waals surface area contributed by atoms with Gasteiger partial charge in [-0.15, -0.1) is 0 Å². The van der Waals surface area contributed by atoms with Crippen molar-refractivity contribution in [1.82, 2.24) is 9.97 Å². The number of nitrogens with two attached hydrogens (primary N) is 1. The topological polar surface area (TPSA) is 63.8 Å². The van der Waals surface area contributed by atoms with Crippen molar-refractivity contribution < 1.29 is 0 Å². The summed E-state index contributed by atoms with van der Waals surface area (Å²) in [6.07, 6.45) is 4.18. The molecule has 0 atom stereocenters. The summed E-state index contributed by atoms with van der Waals surface area (Å²) in [4.78, 5) is 8.10. The predicted molar refractivity (Wildman–Crippen MR) is 63.0 cm³/mol. The van der Waals surface area contributed by atoms with Crippen molar-refractivity contribution in [3.05, 3.63) is 34.8 Å². The normalized spacial score (nSPS) is 10.1. The lowest BCUT2D eigenvalue weighted by atomic mass is 10.2. The van der Waals surface area contributed by atoms with Crippen LogP contribution in [0.4, 0.5) is 11.6 Å². The molecule has 0 radical (unpaired) electrons. The zero-order valence-corrected chi connectivity index (χ0v) is 9.00. The molecule has 78 valence electrons. The van der Waals surface area contributed by atoms with Gasteiger partial charge in [-0.3, -0.25) is 0 Å². The van der Waals surface area contributed by atoms with Crippen molar-refractivity contribution >= 4 is 23.0 Å². The Labute approximate surface area is 92.2 Å². The first-order chi connectivity index (χ1) is 7.34. The van der Waals surface area contributed by atoms with Gasteiger partial charge >= 0.3 is 0 Å². The van der Waals surface area contributed by atoms with Crippen LogP contribution < -0.4 is 11.1 Å². The van der Waals surface area contributed by atoms with E-state index >= 15 is 0 Å². The van der Waals surface area contributed by atoms with Gasteiger partial charge in [0.1, 0.15) is 0 Å². The summed E-state index contributed by atoms with van der Waals surface area (Å²) in [6, 6.07) is 2.12. The molecule has 0 saturated carbocycles. The minimum absolute atomic E-state index is 0.582. The first-order valence-electron chi connectivity index (χ1n) is 4.67. The number of aromatic nitrogens is 2. The molecule has 0 bridgehead atoms. The average molecular weight is 220 g/mol. The maximum atomic E-state index is 5.48. The SMILES string of the molecule is Nc1cnc(NCCc2ccsc2)nc1. The van der Waals surface area contributed by atoms with Crippen LogP contribution in [-0.2, 0) is 6.42 Å². The largest absolute Gasteiger partial charge is 0.396 e. The van der Waals surface area contributed by atoms with Crippen LogP contribution in [0.25, 0.3) is 0 Å². The zero-order valence-electron chi connectivity index (χ0n) is 8.18. The molecule has 5 heteroatoms. The lowest BCUT2D eigenvalue weighted by Gasteiger charge is -2.02. The van der Waals surface area contributed by atoms with Crippen molar-refractivity contribution in [2.24, 2.45) is 0 Å². The fourth-order valence-electron chi connectivity index (χ4n) is 1.18. The molecule has 4 nitrogen and oxygen atoms in total. The fourth-order valence-corrected chi connectivity index (χ4v) is 1.89. The van der Waals surface area contributed by atoms with Gasteiger partial charge in [0.25, 0.3) is 0 Å². The van der Waals surface area contributed by atoms with E-state index in [4.69, 9.17) is 5.73 Å². The lowest BCUT2D eigenvalue weighted by molar-refractivity contribution is 0.989. The van der Waals surface area contributed by atoms with E-state index in [9.17, 15) is 0 Å². The molecule has 2 aromatic rings. The molecule has 0 aliphatic heterocycles. The minimum Gasteiger partial charge on any atom is -0.396 e. The van der Waals surface area contributed by atoms with E-state index in [1.54, 1.807) is 23.7 Å². The maximum absolute atomic E-state index is 5.48. The Hall–Kier alpha value is -1.62. The third-order valence-electron chi connectivity index (χ3n) is 1.95. The second-order valence-corrected chi connectivity index (χ2v) is 3.93. The van der Waals surface area contributed by atoms with Crippen molar-refractivity contribution in [2.45, 2.75) is 6.42 Å². The number of nitrogens with one attached hydrogen (secondary N) is 1. The van der Waals surface area contributed by atoms with Gasteiger partial charge in [-0.2, -0.15) is 11.3 Å². The van der Waals surface area contributed by atoms with Crippen LogP contribution in [0.3, 0.4) is 0 Å². The van der Waals surface area contributed by atoms with E-state index in [0.29, 0.717) is 11.6 Å². The molecule has 0 saturated heterocycles. The van der Waals surface area contributed by atoms with E-state index in [2.05, 4.69) is 32.1 Å². The third kappa shape index (κ3) is 2.92. The molecule has 15 heavy (non-hydrogen) atoms. The Balaban J connectivity index is 1.81. The highest BCUT2D eigenvalue weighted by Crippen LogP contribution is 2.07. The third-order valence-corrected chi connectivity index (χ3v) is 2.68. The molecule has 0 unspecified atom stereocenters. The summed E-state index contributed by atoms with van der Waals surface area (Å²) in [5.41, 5.74) is 7.40. The zero-order chi connectivity index (χ0) is 10.5. The molecule has 0 aromatic carbocycles. The van der Waals surface area contributed by atoms with Crippen molar-refractivity contribution in [3.8, 4) is 0 Å². The lowest BCUT2D eigenvalue weighted by Crippen LogP contribution is -2.07. The number of thiophene rings is 1. The summed E-state index contributed by atoms with van der Waals surface area (Å²) in [5.74, 6) is 0.624.